The van der Waals surface area contributed by atoms with Gasteiger partial charge < -0.3 is 4.79 Å². The molecule has 0 bridgehead atoms. The first-order chi connectivity index (χ1) is 7.26. The number of carbonyl (C=O) groups excluding carboxylic acids is 1. The van der Waals surface area contributed by atoms with Gasteiger partial charge in [0.05, 0.1) is 6.04 Å². The van der Waals surface area contributed by atoms with Crippen LogP contribution in [0.2, 0.25) is 0 Å². The third kappa shape index (κ3) is 2.52. The van der Waals surface area contributed by atoms with Crippen LogP contribution in [0.15, 0.2) is 0 Å². The number of nitrogens with zero attached hydrogens (tertiary/aromatic N) is 2. The van der Waals surface area contributed by atoms with Crippen LogP contribution in [-0.2, 0) is 4.79 Å². The largest absolute Gasteiger partial charge is 0.302 e. The summed E-state index contributed by atoms with van der Waals surface area (Å²) in [5, 5.41) is 0. The van der Waals surface area contributed by atoms with E-state index < -0.39 is 0 Å². The fourth-order valence-corrected chi connectivity index (χ4v) is 2.72. The van der Waals surface area contributed by atoms with Crippen molar-refractivity contribution in [3.63, 3.8) is 0 Å². The molecule has 0 spiro atoms. The lowest BCUT2D eigenvalue weighted by Crippen LogP contribution is -2.56. The summed E-state index contributed by atoms with van der Waals surface area (Å²) in [5.74, 6) is 0.414. The number of rotatable bonds is 4. The van der Waals surface area contributed by atoms with Crippen molar-refractivity contribution in [2.45, 2.75) is 37.9 Å². The van der Waals surface area contributed by atoms with Gasteiger partial charge in [-0.05, 0) is 19.8 Å². The van der Waals surface area contributed by atoms with Crippen molar-refractivity contribution in [1.82, 2.24) is 9.80 Å². The normalized spacial score (nSPS) is 31.5. The molecule has 3 nitrogen and oxygen atoms in total. The van der Waals surface area contributed by atoms with E-state index in [0.29, 0.717) is 11.9 Å². The molecule has 0 radical (unpaired) electrons. The summed E-state index contributed by atoms with van der Waals surface area (Å²) in [6.45, 7) is 5.35. The summed E-state index contributed by atoms with van der Waals surface area (Å²) in [7, 11) is 0. The predicted octanol–water partition coefficient (Wildman–Crippen LogP) is 0.961. The highest BCUT2D eigenvalue weighted by Crippen LogP contribution is 2.29. The van der Waals surface area contributed by atoms with Gasteiger partial charge >= 0.3 is 0 Å². The molecule has 4 heteroatoms. The Balaban J connectivity index is 1.90. The minimum atomic E-state index is -0.0944. The second-order valence-electron chi connectivity index (χ2n) is 4.67. The van der Waals surface area contributed by atoms with E-state index in [2.05, 4.69) is 16.7 Å². The van der Waals surface area contributed by atoms with Gasteiger partial charge in [-0.15, -0.1) is 11.6 Å². The highest BCUT2D eigenvalue weighted by molar-refractivity contribution is 6.19. The first-order valence-corrected chi connectivity index (χ1v) is 6.30. The summed E-state index contributed by atoms with van der Waals surface area (Å²) in [4.78, 5) is 15.7. The Kier molecular flexibility index (Phi) is 3.65. The zero-order valence-corrected chi connectivity index (χ0v) is 9.99. The Morgan fingerprint density at radius 2 is 2.20 bits per heavy atom. The van der Waals surface area contributed by atoms with Crippen molar-refractivity contribution >= 4 is 17.9 Å². The number of halogens is 1. The van der Waals surface area contributed by atoms with E-state index in [-0.39, 0.29) is 6.04 Å². The van der Waals surface area contributed by atoms with E-state index in [0.717, 1.165) is 32.0 Å². The highest BCUT2D eigenvalue weighted by atomic mass is 35.5. The molecular weight excluding hydrogens is 212 g/mol. The average molecular weight is 231 g/mol. The molecule has 2 unspecified atom stereocenters. The van der Waals surface area contributed by atoms with Crippen LogP contribution in [-0.4, -0.2) is 59.7 Å². The maximum Gasteiger partial charge on any atom is 0.138 e. The van der Waals surface area contributed by atoms with Crippen LogP contribution in [0.5, 0.6) is 0 Å². The van der Waals surface area contributed by atoms with Crippen LogP contribution in [0.25, 0.3) is 0 Å². The molecule has 2 atom stereocenters. The molecule has 0 amide bonds. The van der Waals surface area contributed by atoms with Crippen molar-refractivity contribution in [1.29, 1.82) is 0 Å². The van der Waals surface area contributed by atoms with Crippen molar-refractivity contribution in [3.8, 4) is 0 Å². The molecule has 1 saturated heterocycles. The molecule has 15 heavy (non-hydrogen) atoms. The van der Waals surface area contributed by atoms with Gasteiger partial charge in [0.15, 0.2) is 0 Å². The summed E-state index contributed by atoms with van der Waals surface area (Å²) < 4.78 is 0. The second kappa shape index (κ2) is 4.81. The number of carbonyl (C=O) groups is 1. The summed E-state index contributed by atoms with van der Waals surface area (Å²) in [6, 6.07) is 1.19. The van der Waals surface area contributed by atoms with Crippen LogP contribution in [0.4, 0.5) is 0 Å². The lowest BCUT2D eigenvalue weighted by atomic mass is 10.1. The highest BCUT2D eigenvalue weighted by Gasteiger charge is 2.35. The Morgan fingerprint density at radius 3 is 2.67 bits per heavy atom. The minimum Gasteiger partial charge on any atom is -0.302 e. The van der Waals surface area contributed by atoms with Gasteiger partial charge in [0.2, 0.25) is 0 Å². The Morgan fingerprint density at radius 1 is 1.47 bits per heavy atom. The first kappa shape index (κ1) is 11.4. The van der Waals surface area contributed by atoms with Gasteiger partial charge in [-0.2, -0.15) is 0 Å². The number of aldehydes is 1. The number of hydrogen-bond donors (Lipinski definition) is 0. The molecule has 1 aliphatic carbocycles. The maximum atomic E-state index is 10.9. The van der Waals surface area contributed by atoms with E-state index in [9.17, 15) is 4.79 Å². The number of alkyl halides is 1. The zero-order chi connectivity index (χ0) is 10.8. The topological polar surface area (TPSA) is 23.6 Å². The zero-order valence-electron chi connectivity index (χ0n) is 9.23. The molecule has 0 aromatic heterocycles. The van der Waals surface area contributed by atoms with Crippen molar-refractivity contribution in [2.75, 3.05) is 25.5 Å². The van der Waals surface area contributed by atoms with Crippen molar-refractivity contribution < 1.29 is 4.79 Å². The van der Waals surface area contributed by atoms with Gasteiger partial charge in [0.25, 0.3) is 0 Å². The first-order valence-electron chi connectivity index (χ1n) is 5.77. The molecule has 1 saturated carbocycles. The Hall–Kier alpha value is -0.120. The van der Waals surface area contributed by atoms with Gasteiger partial charge in [-0.1, -0.05) is 0 Å². The summed E-state index contributed by atoms with van der Waals surface area (Å²) >= 11 is 5.79. The van der Waals surface area contributed by atoms with E-state index in [4.69, 9.17) is 11.6 Å². The molecule has 1 aliphatic heterocycles. The fraction of sp³-hybridized carbons (Fsp3) is 0.909. The van der Waals surface area contributed by atoms with Crippen LogP contribution >= 0.6 is 11.6 Å². The van der Waals surface area contributed by atoms with Gasteiger partial charge in [0, 0.05) is 37.6 Å². The molecule has 86 valence electrons. The van der Waals surface area contributed by atoms with Gasteiger partial charge in [-0.25, -0.2) is 0 Å². The lowest BCUT2D eigenvalue weighted by Gasteiger charge is -2.42. The molecule has 2 fully saturated rings. The minimum absolute atomic E-state index is 0.0944. The Labute approximate surface area is 96.4 Å². The standard InChI is InChI=1S/C11H19ClN2O/c1-9-7-13(10-2-3-10)4-5-14(9)11(6-12)8-15/h8-11H,2-7H2,1H3. The summed E-state index contributed by atoms with van der Waals surface area (Å²) in [5.41, 5.74) is 0. The quantitative estimate of drug-likeness (QED) is 0.531. The number of piperazine rings is 1. The molecule has 0 N–H and O–H groups in total. The third-order valence-corrected chi connectivity index (χ3v) is 3.83. The maximum absolute atomic E-state index is 10.9. The van der Waals surface area contributed by atoms with Gasteiger partial charge in [-0.3, -0.25) is 9.80 Å². The van der Waals surface area contributed by atoms with E-state index in [1.165, 1.54) is 12.8 Å². The fourth-order valence-electron chi connectivity index (χ4n) is 2.47. The SMILES string of the molecule is CC1CN(C2CC2)CCN1C(C=O)CCl. The van der Waals surface area contributed by atoms with Crippen LogP contribution < -0.4 is 0 Å². The van der Waals surface area contributed by atoms with Crippen LogP contribution in [0.3, 0.4) is 0 Å². The van der Waals surface area contributed by atoms with Crippen LogP contribution in [0.1, 0.15) is 19.8 Å². The Bertz CT molecular complexity index is 233. The van der Waals surface area contributed by atoms with E-state index in [1.807, 2.05) is 0 Å². The second-order valence-corrected chi connectivity index (χ2v) is 4.98. The predicted molar refractivity (Wildman–Crippen MR) is 61.3 cm³/mol. The average Bonchev–Trinajstić information content (AvgIpc) is 3.05. The van der Waals surface area contributed by atoms with Crippen molar-refractivity contribution in [2.24, 2.45) is 0 Å². The van der Waals surface area contributed by atoms with E-state index in [1.54, 1.807) is 0 Å². The number of hydrogen-bond acceptors (Lipinski definition) is 3. The summed E-state index contributed by atoms with van der Waals surface area (Å²) in [6.07, 6.45) is 3.70. The third-order valence-electron chi connectivity index (χ3n) is 3.51. The lowest BCUT2D eigenvalue weighted by molar-refractivity contribution is -0.113. The van der Waals surface area contributed by atoms with E-state index >= 15 is 0 Å². The van der Waals surface area contributed by atoms with Crippen LogP contribution in [0, 0.1) is 0 Å². The molecule has 1 heterocycles. The molecule has 2 aliphatic rings. The molecule has 0 aromatic carbocycles. The smallest absolute Gasteiger partial charge is 0.138 e. The van der Waals surface area contributed by atoms with Crippen molar-refractivity contribution in [3.05, 3.63) is 0 Å². The molecular formula is C11H19ClN2O. The van der Waals surface area contributed by atoms with Gasteiger partial charge in [0.1, 0.15) is 6.29 Å². The molecule has 2 rings (SSSR count). The molecule has 0 aromatic rings. The monoisotopic (exact) mass is 230 g/mol.